The molecule has 110 valence electrons. The lowest BCUT2D eigenvalue weighted by Crippen LogP contribution is -2.42. The molecular weight excluding hydrogens is 234 g/mol. The van der Waals surface area contributed by atoms with Gasteiger partial charge in [-0.1, -0.05) is 39.5 Å². The Bertz CT molecular complexity index is 306. The number of hydrogen-bond acceptors (Lipinski definition) is 2. The molecule has 2 aliphatic carbocycles. The predicted molar refractivity (Wildman–Crippen MR) is 79.3 cm³/mol. The van der Waals surface area contributed by atoms with Crippen LogP contribution in [0, 0.1) is 5.41 Å². The number of hydrogen-bond donors (Lipinski definition) is 1. The minimum Gasteiger partial charge on any atom is -0.370 e. The zero-order valence-corrected chi connectivity index (χ0v) is 12.8. The van der Waals surface area contributed by atoms with Crippen molar-refractivity contribution >= 4 is 0 Å². The molecule has 1 spiro atoms. The van der Waals surface area contributed by atoms with Crippen LogP contribution in [0.25, 0.3) is 0 Å². The molecule has 2 heteroatoms. The molecule has 3 rings (SSSR count). The lowest BCUT2D eigenvalue weighted by molar-refractivity contribution is -0.0635. The molecule has 0 aromatic rings. The van der Waals surface area contributed by atoms with Crippen LogP contribution in [0.1, 0.15) is 78.1 Å². The Balaban J connectivity index is 1.47. The molecule has 1 saturated heterocycles. The summed E-state index contributed by atoms with van der Waals surface area (Å²) in [6.07, 6.45) is 14.0. The van der Waals surface area contributed by atoms with Crippen LogP contribution in [0.2, 0.25) is 0 Å². The topological polar surface area (TPSA) is 21.3 Å². The van der Waals surface area contributed by atoms with Crippen molar-refractivity contribution in [2.75, 3.05) is 6.54 Å². The molecule has 0 aromatic carbocycles. The van der Waals surface area contributed by atoms with Gasteiger partial charge in [0.25, 0.3) is 0 Å². The van der Waals surface area contributed by atoms with Gasteiger partial charge in [0.05, 0.1) is 11.7 Å². The minimum absolute atomic E-state index is 0.287. The summed E-state index contributed by atoms with van der Waals surface area (Å²) in [5, 5.41) is 3.81. The van der Waals surface area contributed by atoms with Crippen molar-refractivity contribution in [3.63, 3.8) is 0 Å². The fourth-order valence-corrected chi connectivity index (χ4v) is 4.58. The van der Waals surface area contributed by atoms with E-state index in [1.807, 2.05) is 0 Å². The van der Waals surface area contributed by atoms with Crippen molar-refractivity contribution in [1.82, 2.24) is 5.32 Å². The first kappa shape index (κ1) is 13.9. The van der Waals surface area contributed by atoms with Crippen molar-refractivity contribution in [1.29, 1.82) is 0 Å². The largest absolute Gasteiger partial charge is 0.370 e. The normalized spacial score (nSPS) is 36.9. The molecule has 2 atom stereocenters. The van der Waals surface area contributed by atoms with E-state index in [1.165, 1.54) is 64.2 Å². The van der Waals surface area contributed by atoms with Crippen LogP contribution in [0.4, 0.5) is 0 Å². The smallest absolute Gasteiger partial charge is 0.0708 e. The van der Waals surface area contributed by atoms with Crippen LogP contribution in [0.5, 0.6) is 0 Å². The maximum absolute atomic E-state index is 6.46. The highest BCUT2D eigenvalue weighted by Gasteiger charge is 2.41. The molecule has 1 N–H and O–H groups in total. The standard InChI is InChI=1S/C17H31NO/c1-16(2)9-6-7-15(16)18-13-14-8-12-17(19-14)10-4-3-5-11-17/h14-15,18H,3-13H2,1-2H3. The van der Waals surface area contributed by atoms with Crippen molar-refractivity contribution in [2.24, 2.45) is 5.41 Å². The molecule has 0 amide bonds. The minimum atomic E-state index is 0.287. The van der Waals surface area contributed by atoms with E-state index < -0.39 is 0 Å². The van der Waals surface area contributed by atoms with E-state index in [-0.39, 0.29) is 5.60 Å². The third kappa shape index (κ3) is 3.00. The van der Waals surface area contributed by atoms with E-state index >= 15 is 0 Å². The average molecular weight is 265 g/mol. The van der Waals surface area contributed by atoms with Crippen LogP contribution in [0.3, 0.4) is 0 Å². The van der Waals surface area contributed by atoms with Gasteiger partial charge in [0.1, 0.15) is 0 Å². The molecule has 0 aromatic heterocycles. The number of rotatable bonds is 3. The monoisotopic (exact) mass is 265 g/mol. The average Bonchev–Trinajstić information content (AvgIpc) is 2.92. The Hall–Kier alpha value is -0.0800. The molecule has 1 aliphatic heterocycles. The van der Waals surface area contributed by atoms with E-state index in [4.69, 9.17) is 4.74 Å². The maximum atomic E-state index is 6.46. The van der Waals surface area contributed by atoms with Crippen molar-refractivity contribution in [2.45, 2.75) is 95.8 Å². The molecule has 2 unspecified atom stereocenters. The molecule has 19 heavy (non-hydrogen) atoms. The first-order valence-electron chi connectivity index (χ1n) is 8.51. The summed E-state index contributed by atoms with van der Waals surface area (Å²) in [5.74, 6) is 0. The zero-order valence-electron chi connectivity index (χ0n) is 12.8. The molecule has 2 nitrogen and oxygen atoms in total. The second kappa shape index (κ2) is 5.37. The second-order valence-corrected chi connectivity index (χ2v) is 7.86. The quantitative estimate of drug-likeness (QED) is 0.831. The lowest BCUT2D eigenvalue weighted by atomic mass is 9.83. The Morgan fingerprint density at radius 2 is 1.74 bits per heavy atom. The lowest BCUT2D eigenvalue weighted by Gasteiger charge is -2.34. The highest BCUT2D eigenvalue weighted by Crippen LogP contribution is 2.42. The number of ether oxygens (including phenoxy) is 1. The Labute approximate surface area is 118 Å². The summed E-state index contributed by atoms with van der Waals surface area (Å²) in [6.45, 7) is 5.90. The van der Waals surface area contributed by atoms with Gasteiger partial charge in [-0.2, -0.15) is 0 Å². The van der Waals surface area contributed by atoms with Gasteiger partial charge in [-0.15, -0.1) is 0 Å². The van der Waals surface area contributed by atoms with Gasteiger partial charge < -0.3 is 10.1 Å². The molecule has 1 heterocycles. The van der Waals surface area contributed by atoms with Crippen LogP contribution in [-0.2, 0) is 4.74 Å². The Morgan fingerprint density at radius 1 is 0.947 bits per heavy atom. The van der Waals surface area contributed by atoms with Crippen LogP contribution in [-0.4, -0.2) is 24.3 Å². The van der Waals surface area contributed by atoms with Crippen LogP contribution >= 0.6 is 0 Å². The van der Waals surface area contributed by atoms with Crippen molar-refractivity contribution < 1.29 is 4.74 Å². The first-order valence-corrected chi connectivity index (χ1v) is 8.51. The van der Waals surface area contributed by atoms with Crippen LogP contribution < -0.4 is 5.32 Å². The van der Waals surface area contributed by atoms with E-state index in [1.54, 1.807) is 0 Å². The summed E-state index contributed by atoms with van der Waals surface area (Å²) in [5.41, 5.74) is 0.775. The summed E-state index contributed by atoms with van der Waals surface area (Å²) < 4.78 is 6.46. The number of nitrogens with one attached hydrogen (secondary N) is 1. The summed E-state index contributed by atoms with van der Waals surface area (Å²) >= 11 is 0. The molecule has 0 radical (unpaired) electrons. The Morgan fingerprint density at radius 3 is 2.42 bits per heavy atom. The Kier molecular flexibility index (Phi) is 3.92. The molecule has 2 saturated carbocycles. The van der Waals surface area contributed by atoms with Crippen LogP contribution in [0.15, 0.2) is 0 Å². The highest BCUT2D eigenvalue weighted by molar-refractivity contribution is 4.94. The molecule has 3 fully saturated rings. The van der Waals surface area contributed by atoms with Gasteiger partial charge in [-0.25, -0.2) is 0 Å². The summed E-state index contributed by atoms with van der Waals surface area (Å²) in [6, 6.07) is 0.707. The summed E-state index contributed by atoms with van der Waals surface area (Å²) in [7, 11) is 0. The molecular formula is C17H31NO. The van der Waals surface area contributed by atoms with E-state index in [2.05, 4.69) is 19.2 Å². The zero-order chi connectivity index (χ0) is 13.3. The van der Waals surface area contributed by atoms with Gasteiger partial charge in [-0.3, -0.25) is 0 Å². The van der Waals surface area contributed by atoms with Gasteiger partial charge in [-0.05, 0) is 43.9 Å². The SMILES string of the molecule is CC1(C)CCCC1NCC1CCC2(CCCCC2)O1. The van der Waals surface area contributed by atoms with Gasteiger partial charge in [0.2, 0.25) is 0 Å². The highest BCUT2D eigenvalue weighted by atomic mass is 16.5. The molecule has 3 aliphatic rings. The molecule has 0 bridgehead atoms. The fraction of sp³-hybridized carbons (Fsp3) is 1.00. The van der Waals surface area contributed by atoms with Crippen molar-refractivity contribution in [3.8, 4) is 0 Å². The maximum Gasteiger partial charge on any atom is 0.0708 e. The van der Waals surface area contributed by atoms with Crippen molar-refractivity contribution in [3.05, 3.63) is 0 Å². The van der Waals surface area contributed by atoms with E-state index in [0.29, 0.717) is 17.6 Å². The van der Waals surface area contributed by atoms with Gasteiger partial charge in [0.15, 0.2) is 0 Å². The first-order chi connectivity index (χ1) is 9.10. The fourth-order valence-electron chi connectivity index (χ4n) is 4.58. The van der Waals surface area contributed by atoms with E-state index in [0.717, 1.165) is 6.54 Å². The predicted octanol–water partition coefficient (Wildman–Crippen LogP) is 4.04. The summed E-state index contributed by atoms with van der Waals surface area (Å²) in [4.78, 5) is 0. The third-order valence-electron chi connectivity index (χ3n) is 5.95. The second-order valence-electron chi connectivity index (χ2n) is 7.86. The van der Waals surface area contributed by atoms with Gasteiger partial charge in [0, 0.05) is 12.6 Å². The third-order valence-corrected chi connectivity index (χ3v) is 5.95. The van der Waals surface area contributed by atoms with E-state index in [9.17, 15) is 0 Å². The van der Waals surface area contributed by atoms with Gasteiger partial charge >= 0.3 is 0 Å².